The van der Waals surface area contributed by atoms with E-state index in [9.17, 15) is 9.90 Å². The average Bonchev–Trinajstić information content (AvgIpc) is 2.70. The lowest BCUT2D eigenvalue weighted by Gasteiger charge is -2.70. The van der Waals surface area contributed by atoms with Crippen LogP contribution in [0.15, 0.2) is 11.6 Å². The summed E-state index contributed by atoms with van der Waals surface area (Å²) in [6, 6.07) is 0. The second kappa shape index (κ2) is 7.21. The maximum Gasteiger partial charge on any atom is 0.133 e. The molecule has 0 aromatic carbocycles. The van der Waals surface area contributed by atoms with Gasteiger partial charge in [0.05, 0.1) is 6.10 Å². The van der Waals surface area contributed by atoms with E-state index < -0.39 is 0 Å². The van der Waals surface area contributed by atoms with Crippen LogP contribution in [0, 0.1) is 56.7 Å². The first-order chi connectivity index (χ1) is 15.2. The molecule has 1 N–H and O–H groups in total. The summed E-state index contributed by atoms with van der Waals surface area (Å²) in [6.45, 7) is 19.2. The highest BCUT2D eigenvalue weighted by Crippen LogP contribution is 2.74. The Morgan fingerprint density at radius 2 is 1.61 bits per heavy atom. The van der Waals surface area contributed by atoms with E-state index in [1.54, 1.807) is 5.57 Å². The van der Waals surface area contributed by atoms with Gasteiger partial charge in [-0.05, 0) is 115 Å². The van der Waals surface area contributed by atoms with Gasteiger partial charge in [0.25, 0.3) is 0 Å². The van der Waals surface area contributed by atoms with Gasteiger partial charge in [-0.3, -0.25) is 4.79 Å². The SMILES string of the molecule is CC(=O)[C@@H]1CC(C)(C)C[C@H]2C3=CC[C@@H]4[C@@]5(C)CC[C@H](O)C(C)(C)[C@@H]5CC[C@@]4(C)[C@]3(C)CCC12. The first kappa shape index (κ1) is 24.1. The van der Waals surface area contributed by atoms with E-state index in [4.69, 9.17) is 0 Å². The Labute approximate surface area is 203 Å². The topological polar surface area (TPSA) is 37.3 Å². The Morgan fingerprint density at radius 1 is 0.909 bits per heavy atom. The molecular formula is C31H50O2. The summed E-state index contributed by atoms with van der Waals surface area (Å²) >= 11 is 0. The normalized spacial score (nSPS) is 52.5. The first-order valence-electron chi connectivity index (χ1n) is 14.1. The number of rotatable bonds is 1. The fourth-order valence-corrected chi connectivity index (χ4v) is 11.0. The lowest BCUT2D eigenvalue weighted by atomic mass is 9.34. The summed E-state index contributed by atoms with van der Waals surface area (Å²) in [7, 11) is 0. The van der Waals surface area contributed by atoms with Crippen molar-refractivity contribution in [3.8, 4) is 0 Å². The van der Waals surface area contributed by atoms with Gasteiger partial charge < -0.3 is 5.11 Å². The Kier molecular flexibility index (Phi) is 5.26. The van der Waals surface area contributed by atoms with E-state index in [-0.39, 0.29) is 28.3 Å². The van der Waals surface area contributed by atoms with E-state index in [0.29, 0.717) is 40.3 Å². The summed E-state index contributed by atoms with van der Waals surface area (Å²) in [5.74, 6) is 3.14. The second-order valence-corrected chi connectivity index (χ2v) is 15.3. The monoisotopic (exact) mass is 454 g/mol. The standard InChI is InChI=1S/C31H50O2/c1-19(32)21-17-27(2,3)18-22-20(21)11-15-30(7)23(22)9-10-25-29(6)14-13-26(33)28(4,5)24(29)12-16-31(25,30)8/h9,20-22,24-26,33H,10-18H2,1-8H3/t20?,21-,22+,24-,25+,26-,29-,30+,31+/m0/s1. The van der Waals surface area contributed by atoms with Gasteiger partial charge in [0, 0.05) is 5.92 Å². The summed E-state index contributed by atoms with van der Waals surface area (Å²) < 4.78 is 0. The molecule has 4 saturated carbocycles. The third-order valence-electron chi connectivity index (χ3n) is 13.0. The number of hydrogen-bond acceptors (Lipinski definition) is 2. The molecule has 186 valence electrons. The molecule has 0 aromatic heterocycles. The Bertz CT molecular complexity index is 866. The van der Waals surface area contributed by atoms with Crippen LogP contribution in [0.2, 0.25) is 0 Å². The van der Waals surface area contributed by atoms with Gasteiger partial charge in [-0.25, -0.2) is 0 Å². The minimum atomic E-state index is -0.159. The van der Waals surface area contributed by atoms with Gasteiger partial charge >= 0.3 is 0 Å². The smallest absolute Gasteiger partial charge is 0.133 e. The molecule has 33 heavy (non-hydrogen) atoms. The van der Waals surface area contributed by atoms with Gasteiger partial charge in [-0.2, -0.15) is 0 Å². The lowest BCUT2D eigenvalue weighted by Crippen LogP contribution is -2.64. The van der Waals surface area contributed by atoms with Gasteiger partial charge in [0.15, 0.2) is 0 Å². The van der Waals surface area contributed by atoms with Crippen molar-refractivity contribution in [1.29, 1.82) is 0 Å². The third kappa shape index (κ3) is 3.10. The quantitative estimate of drug-likeness (QED) is 0.414. The van der Waals surface area contributed by atoms with Crippen LogP contribution in [-0.2, 0) is 4.79 Å². The molecule has 0 aliphatic heterocycles. The van der Waals surface area contributed by atoms with E-state index in [2.05, 4.69) is 54.5 Å². The molecular weight excluding hydrogens is 404 g/mol. The van der Waals surface area contributed by atoms with Crippen LogP contribution in [-0.4, -0.2) is 17.0 Å². The van der Waals surface area contributed by atoms with Crippen LogP contribution in [0.3, 0.4) is 0 Å². The number of hydrogen-bond donors (Lipinski definition) is 1. The summed E-state index contributed by atoms with van der Waals surface area (Å²) in [5.41, 5.74) is 2.89. The Hall–Kier alpha value is -0.630. The predicted octanol–water partition coefficient (Wildman–Crippen LogP) is 7.59. The van der Waals surface area contributed by atoms with Crippen LogP contribution < -0.4 is 0 Å². The van der Waals surface area contributed by atoms with Crippen LogP contribution in [0.1, 0.15) is 113 Å². The molecule has 0 saturated heterocycles. The Morgan fingerprint density at radius 3 is 2.27 bits per heavy atom. The second-order valence-electron chi connectivity index (χ2n) is 15.3. The molecule has 2 heteroatoms. The fourth-order valence-electron chi connectivity index (χ4n) is 11.0. The van der Waals surface area contributed by atoms with Crippen LogP contribution in [0.4, 0.5) is 0 Å². The van der Waals surface area contributed by atoms with Crippen molar-refractivity contribution in [3.63, 3.8) is 0 Å². The number of ketones is 1. The summed E-state index contributed by atoms with van der Waals surface area (Å²) in [6.07, 6.45) is 13.2. The van der Waals surface area contributed by atoms with Crippen molar-refractivity contribution in [2.45, 2.75) is 119 Å². The molecule has 2 nitrogen and oxygen atoms in total. The molecule has 0 aromatic rings. The van der Waals surface area contributed by atoms with Gasteiger partial charge in [-0.1, -0.05) is 60.1 Å². The van der Waals surface area contributed by atoms with Crippen LogP contribution in [0.25, 0.3) is 0 Å². The lowest BCUT2D eigenvalue weighted by molar-refractivity contribution is -0.201. The van der Waals surface area contributed by atoms with Gasteiger partial charge in [0.2, 0.25) is 0 Å². The zero-order chi connectivity index (χ0) is 24.2. The van der Waals surface area contributed by atoms with E-state index in [1.807, 2.05) is 6.92 Å². The number of Topliss-reactive ketones (excluding diaryl/α,β-unsaturated/α-hetero) is 1. The van der Waals surface area contributed by atoms with Crippen molar-refractivity contribution in [2.75, 3.05) is 0 Å². The van der Waals surface area contributed by atoms with E-state index >= 15 is 0 Å². The third-order valence-corrected chi connectivity index (χ3v) is 13.0. The molecule has 5 aliphatic rings. The number of aliphatic hydroxyl groups excluding tert-OH is 1. The molecule has 0 radical (unpaired) electrons. The summed E-state index contributed by atoms with van der Waals surface area (Å²) in [5, 5.41) is 10.9. The average molecular weight is 455 g/mol. The number of carbonyl (C=O) groups is 1. The van der Waals surface area contributed by atoms with Gasteiger partial charge in [0.1, 0.15) is 5.78 Å². The largest absolute Gasteiger partial charge is 0.393 e. The van der Waals surface area contributed by atoms with E-state index in [0.717, 1.165) is 12.8 Å². The minimum Gasteiger partial charge on any atom is -0.393 e. The summed E-state index contributed by atoms with van der Waals surface area (Å²) in [4.78, 5) is 12.7. The number of allylic oxidation sites excluding steroid dienone is 2. The highest BCUT2D eigenvalue weighted by atomic mass is 16.3. The molecule has 9 atom stereocenters. The molecule has 0 bridgehead atoms. The number of carbonyl (C=O) groups excluding carboxylic acids is 1. The Balaban J connectivity index is 1.56. The molecule has 1 unspecified atom stereocenters. The molecule has 5 aliphatic carbocycles. The van der Waals surface area contributed by atoms with Crippen molar-refractivity contribution >= 4 is 5.78 Å². The maximum absolute atomic E-state index is 12.7. The maximum atomic E-state index is 12.7. The van der Waals surface area contributed by atoms with Crippen LogP contribution in [0.5, 0.6) is 0 Å². The van der Waals surface area contributed by atoms with Crippen molar-refractivity contribution < 1.29 is 9.90 Å². The van der Waals surface area contributed by atoms with Crippen molar-refractivity contribution in [3.05, 3.63) is 11.6 Å². The molecule has 0 spiro atoms. The predicted molar refractivity (Wildman–Crippen MR) is 136 cm³/mol. The van der Waals surface area contributed by atoms with Crippen molar-refractivity contribution in [1.82, 2.24) is 0 Å². The van der Waals surface area contributed by atoms with E-state index in [1.165, 1.54) is 44.9 Å². The molecule has 0 amide bonds. The van der Waals surface area contributed by atoms with Crippen LogP contribution >= 0.6 is 0 Å². The van der Waals surface area contributed by atoms with Gasteiger partial charge in [-0.15, -0.1) is 0 Å². The number of aliphatic hydroxyl groups is 1. The molecule has 5 rings (SSSR count). The molecule has 0 heterocycles. The minimum absolute atomic E-state index is 0.0129. The van der Waals surface area contributed by atoms with Crippen molar-refractivity contribution in [2.24, 2.45) is 56.7 Å². The highest BCUT2D eigenvalue weighted by Gasteiger charge is 2.67. The zero-order valence-electron chi connectivity index (χ0n) is 22.8. The zero-order valence-corrected chi connectivity index (χ0v) is 22.8. The first-order valence-corrected chi connectivity index (χ1v) is 14.1. The molecule has 4 fully saturated rings. The fraction of sp³-hybridized carbons (Fsp3) is 0.903. The highest BCUT2D eigenvalue weighted by molar-refractivity contribution is 5.79. The number of fused-ring (bicyclic) bond motifs is 7.